The van der Waals surface area contributed by atoms with Crippen LogP contribution in [0.1, 0.15) is 58.1 Å². The van der Waals surface area contributed by atoms with Crippen molar-refractivity contribution in [1.29, 1.82) is 0 Å². The zero-order valence-electron chi connectivity index (χ0n) is 14.4. The molecule has 4 heteroatoms. The second-order valence-corrected chi connectivity index (χ2v) is 5.95. The molecule has 0 aromatic carbocycles. The number of anilines is 1. The first-order valence-electron chi connectivity index (χ1n) is 8.06. The van der Waals surface area contributed by atoms with E-state index in [1.807, 2.05) is 20.0 Å². The van der Waals surface area contributed by atoms with Gasteiger partial charge in [0.25, 0.3) is 0 Å². The van der Waals surface area contributed by atoms with Crippen LogP contribution in [0.3, 0.4) is 0 Å². The molecule has 0 unspecified atom stereocenters. The number of aliphatic imine (C=N–C) groups is 1. The summed E-state index contributed by atoms with van der Waals surface area (Å²) < 4.78 is 2.12. The molecule has 122 valence electrons. The largest absolute Gasteiger partial charge is 0.375 e. The molecule has 0 amide bonds. The number of rotatable bonds is 9. The summed E-state index contributed by atoms with van der Waals surface area (Å²) >= 11 is 0. The Balaban J connectivity index is 3.40. The first-order chi connectivity index (χ1) is 10.5. The lowest BCUT2D eigenvalue weighted by molar-refractivity contribution is 0.427. The van der Waals surface area contributed by atoms with Gasteiger partial charge >= 0.3 is 0 Å². The van der Waals surface area contributed by atoms with Crippen LogP contribution in [-0.2, 0) is 0 Å². The van der Waals surface area contributed by atoms with Gasteiger partial charge in [0.2, 0.25) is 5.43 Å². The molecule has 0 spiro atoms. The van der Waals surface area contributed by atoms with Crippen molar-refractivity contribution in [3.8, 4) is 0 Å². The fourth-order valence-corrected chi connectivity index (χ4v) is 2.68. The molecule has 0 saturated heterocycles. The smallest absolute Gasteiger partial charge is 0.209 e. The van der Waals surface area contributed by atoms with Gasteiger partial charge in [-0.05, 0) is 33.4 Å². The molecule has 22 heavy (non-hydrogen) atoms. The quantitative estimate of drug-likeness (QED) is 0.534. The molecule has 0 aliphatic rings. The first-order valence-corrected chi connectivity index (χ1v) is 8.06. The van der Waals surface area contributed by atoms with Crippen LogP contribution < -0.4 is 10.7 Å². The third-order valence-electron chi connectivity index (χ3n) is 3.74. The Morgan fingerprint density at radius 3 is 2.41 bits per heavy atom. The van der Waals surface area contributed by atoms with E-state index in [4.69, 9.17) is 0 Å². The highest BCUT2D eigenvalue weighted by atomic mass is 16.1. The van der Waals surface area contributed by atoms with Crippen molar-refractivity contribution in [3.63, 3.8) is 0 Å². The molecule has 0 atom stereocenters. The first kappa shape index (κ1) is 18.2. The fraction of sp³-hybridized carbons (Fsp3) is 0.556. The molecule has 1 aromatic heterocycles. The molecule has 1 N–H and O–H groups in total. The Hall–Kier alpha value is -1.84. The Labute approximate surface area is 134 Å². The molecule has 0 aliphatic heterocycles. The Morgan fingerprint density at radius 1 is 1.36 bits per heavy atom. The minimum Gasteiger partial charge on any atom is -0.375 e. The third-order valence-corrected chi connectivity index (χ3v) is 3.74. The molecule has 1 heterocycles. The van der Waals surface area contributed by atoms with E-state index in [0.717, 1.165) is 36.8 Å². The number of aromatic nitrogens is 1. The monoisotopic (exact) mass is 303 g/mol. The van der Waals surface area contributed by atoms with Crippen molar-refractivity contribution in [2.75, 3.05) is 11.9 Å². The highest BCUT2D eigenvalue weighted by Crippen LogP contribution is 2.30. The van der Waals surface area contributed by atoms with Crippen LogP contribution in [0, 0.1) is 6.92 Å². The lowest BCUT2D eigenvalue weighted by Crippen LogP contribution is -2.21. The zero-order chi connectivity index (χ0) is 16.7. The summed E-state index contributed by atoms with van der Waals surface area (Å²) in [5, 5.41) is 3.19. The van der Waals surface area contributed by atoms with Crippen LogP contribution in [0.2, 0.25) is 0 Å². The summed E-state index contributed by atoms with van der Waals surface area (Å²) in [4.78, 5) is 16.6. The van der Waals surface area contributed by atoms with Crippen molar-refractivity contribution in [3.05, 3.63) is 34.1 Å². The number of nitrogens with zero attached hydrogens (tertiary/aromatic N) is 2. The average molecular weight is 303 g/mol. The van der Waals surface area contributed by atoms with E-state index in [-0.39, 0.29) is 5.43 Å². The molecule has 1 rings (SSSR count). The minimum absolute atomic E-state index is 0.00773. The van der Waals surface area contributed by atoms with Crippen molar-refractivity contribution in [2.45, 2.75) is 59.4 Å². The highest BCUT2D eigenvalue weighted by Gasteiger charge is 2.18. The number of aryl methyl sites for hydroxylation is 1. The predicted octanol–water partition coefficient (Wildman–Crippen LogP) is 4.62. The van der Waals surface area contributed by atoms with Gasteiger partial charge in [0.1, 0.15) is 5.69 Å². The van der Waals surface area contributed by atoms with Crippen molar-refractivity contribution >= 4 is 18.2 Å². The second kappa shape index (κ2) is 8.57. The summed E-state index contributed by atoms with van der Waals surface area (Å²) in [5.41, 5.74) is 2.23. The Bertz CT molecular complexity index is 581. The molecular formula is C18H29N3O. The molecule has 0 saturated carbocycles. The Kier molecular flexibility index (Phi) is 7.09. The molecule has 0 radical (unpaired) electrons. The fourth-order valence-electron chi connectivity index (χ4n) is 2.68. The van der Waals surface area contributed by atoms with Gasteiger partial charge in [-0.2, -0.15) is 0 Å². The van der Waals surface area contributed by atoms with E-state index in [0.29, 0.717) is 24.1 Å². The molecule has 0 aliphatic carbocycles. The number of hydrogen-bond donors (Lipinski definition) is 1. The maximum atomic E-state index is 12.5. The second-order valence-electron chi connectivity index (χ2n) is 5.95. The van der Waals surface area contributed by atoms with Gasteiger partial charge in [-0.1, -0.05) is 38.8 Å². The summed E-state index contributed by atoms with van der Waals surface area (Å²) in [6, 6.07) is 0.347. The Morgan fingerprint density at radius 2 is 1.95 bits per heavy atom. The van der Waals surface area contributed by atoms with E-state index in [2.05, 4.69) is 42.0 Å². The number of nitrogens with one attached hydrogen (secondary N) is 1. The lowest BCUT2D eigenvalue weighted by Gasteiger charge is -2.24. The van der Waals surface area contributed by atoms with Crippen LogP contribution in [0.5, 0.6) is 0 Å². The van der Waals surface area contributed by atoms with Gasteiger partial charge in [-0.3, -0.25) is 4.79 Å². The maximum absolute atomic E-state index is 12.5. The minimum atomic E-state index is -0.00773. The molecular weight excluding hydrogens is 274 g/mol. The van der Waals surface area contributed by atoms with Gasteiger partial charge in [-0.15, -0.1) is 0 Å². The van der Waals surface area contributed by atoms with Crippen LogP contribution in [0.25, 0.3) is 0 Å². The normalized spacial score (nSPS) is 10.8. The van der Waals surface area contributed by atoms with Crippen LogP contribution in [-0.4, -0.2) is 17.8 Å². The average Bonchev–Trinajstić information content (AvgIpc) is 2.47. The van der Waals surface area contributed by atoms with Gasteiger partial charge in [0.15, 0.2) is 5.82 Å². The topological polar surface area (TPSA) is 46.4 Å². The van der Waals surface area contributed by atoms with Crippen LogP contribution >= 0.6 is 0 Å². The maximum Gasteiger partial charge on any atom is 0.209 e. The van der Waals surface area contributed by atoms with Gasteiger partial charge in [-0.25, -0.2) is 4.99 Å². The summed E-state index contributed by atoms with van der Waals surface area (Å²) in [6.07, 6.45) is 6.26. The summed E-state index contributed by atoms with van der Waals surface area (Å²) in [6.45, 7) is 16.3. The molecule has 1 aromatic rings. The molecule has 0 bridgehead atoms. The van der Waals surface area contributed by atoms with Crippen molar-refractivity contribution in [1.82, 2.24) is 4.57 Å². The van der Waals surface area contributed by atoms with Crippen LogP contribution in [0.15, 0.2) is 28.1 Å². The van der Waals surface area contributed by atoms with E-state index in [1.165, 1.54) is 0 Å². The van der Waals surface area contributed by atoms with E-state index in [9.17, 15) is 4.79 Å². The summed E-state index contributed by atoms with van der Waals surface area (Å²) in [7, 11) is 0. The molecule has 4 nitrogen and oxygen atoms in total. The van der Waals surface area contributed by atoms with E-state index < -0.39 is 0 Å². The zero-order valence-corrected chi connectivity index (χ0v) is 14.4. The van der Waals surface area contributed by atoms with Gasteiger partial charge in [0, 0.05) is 24.3 Å². The lowest BCUT2D eigenvalue weighted by atomic mass is 10.1. The highest BCUT2D eigenvalue weighted by molar-refractivity contribution is 5.65. The third kappa shape index (κ3) is 4.33. The van der Waals surface area contributed by atoms with Crippen molar-refractivity contribution in [2.24, 2.45) is 4.99 Å². The standard InChI is InChI=1S/C18H29N3O/c1-7-9-15(10-8-2)21-12-14(5)17(22)16(18(21)19-6)20-11-13(3)4/h12,15,20H,3,6-11H2,1-2,4-5H3. The van der Waals surface area contributed by atoms with E-state index >= 15 is 0 Å². The van der Waals surface area contributed by atoms with Gasteiger partial charge < -0.3 is 9.88 Å². The van der Waals surface area contributed by atoms with Crippen molar-refractivity contribution < 1.29 is 0 Å². The number of pyridine rings is 1. The molecule has 0 fully saturated rings. The van der Waals surface area contributed by atoms with Gasteiger partial charge in [0.05, 0.1) is 0 Å². The summed E-state index contributed by atoms with van der Waals surface area (Å²) in [5.74, 6) is 0.642. The van der Waals surface area contributed by atoms with Crippen LogP contribution in [0.4, 0.5) is 11.5 Å². The van der Waals surface area contributed by atoms with E-state index in [1.54, 1.807) is 0 Å². The number of hydrogen-bond acceptors (Lipinski definition) is 3. The SMILES string of the molecule is C=Nc1c(NCC(=C)C)c(=O)c(C)cn1C(CCC)CCC. The predicted molar refractivity (Wildman–Crippen MR) is 96.8 cm³/mol.